The average Bonchev–Trinajstić information content (AvgIpc) is 2.60. The summed E-state index contributed by atoms with van der Waals surface area (Å²) in [5, 5.41) is 13.9. The Hall–Kier alpha value is -2.60. The molecule has 0 aliphatic carbocycles. The van der Waals surface area contributed by atoms with Crippen molar-refractivity contribution in [3.63, 3.8) is 0 Å². The molecule has 126 valence electrons. The number of hydrogen-bond acceptors (Lipinski definition) is 3. The highest BCUT2D eigenvalue weighted by molar-refractivity contribution is 9.10. The Balaban J connectivity index is 1.93. The van der Waals surface area contributed by atoms with E-state index in [0.29, 0.717) is 23.1 Å². The van der Waals surface area contributed by atoms with Gasteiger partial charge in [0.1, 0.15) is 11.3 Å². The lowest BCUT2D eigenvalue weighted by Gasteiger charge is -2.21. The Kier molecular flexibility index (Phi) is 3.84. The summed E-state index contributed by atoms with van der Waals surface area (Å²) in [4.78, 5) is 25.5. The normalized spacial score (nSPS) is 13.0. The van der Waals surface area contributed by atoms with Gasteiger partial charge in [-0.25, -0.2) is 0 Å². The molecule has 2 aromatic carbocycles. The van der Waals surface area contributed by atoms with Gasteiger partial charge in [0.25, 0.3) is 11.5 Å². The first-order valence-corrected chi connectivity index (χ1v) is 8.80. The first-order chi connectivity index (χ1) is 12.1. The molecule has 1 aromatic heterocycles. The maximum absolute atomic E-state index is 12.9. The summed E-state index contributed by atoms with van der Waals surface area (Å²) in [6, 6.07) is 12.6. The number of amides is 1. The zero-order chi connectivity index (χ0) is 17.6. The number of hydrogen-bond donors (Lipinski definition) is 2. The number of aryl methyl sites for hydroxylation is 2. The lowest BCUT2D eigenvalue weighted by molar-refractivity contribution is 0.102. The molecule has 2 heterocycles. The van der Waals surface area contributed by atoms with E-state index >= 15 is 0 Å². The van der Waals surface area contributed by atoms with Crippen LogP contribution in [0.2, 0.25) is 0 Å². The number of aromatic hydroxyl groups is 1. The minimum absolute atomic E-state index is 0.220. The SMILES string of the molecule is O=C(Nc1ccccc1)c1c(O)c2cc(Br)cc3c2n(c1=O)CCC3. The number of aromatic nitrogens is 1. The standard InChI is InChI=1S/C19H15BrN2O3/c20-12-9-11-5-4-8-22-16(11)14(10-12)17(23)15(19(22)25)18(24)21-13-6-2-1-3-7-13/h1-3,6-7,9-10,23H,4-5,8H2,(H,21,24). The third-order valence-electron chi connectivity index (χ3n) is 4.46. The molecule has 0 spiro atoms. The van der Waals surface area contributed by atoms with Gasteiger partial charge >= 0.3 is 0 Å². The summed E-state index contributed by atoms with van der Waals surface area (Å²) in [7, 11) is 0. The van der Waals surface area contributed by atoms with Crippen molar-refractivity contribution in [1.29, 1.82) is 0 Å². The second kappa shape index (κ2) is 6.04. The molecule has 6 heteroatoms. The van der Waals surface area contributed by atoms with Crippen molar-refractivity contribution in [2.75, 3.05) is 5.32 Å². The van der Waals surface area contributed by atoms with Gasteiger partial charge in [-0.2, -0.15) is 0 Å². The number of carbonyl (C=O) groups is 1. The van der Waals surface area contributed by atoms with Crippen LogP contribution in [0.4, 0.5) is 5.69 Å². The molecule has 0 fully saturated rings. The van der Waals surface area contributed by atoms with Gasteiger partial charge in [0.2, 0.25) is 0 Å². The molecule has 0 saturated heterocycles. The van der Waals surface area contributed by atoms with Gasteiger partial charge in [-0.3, -0.25) is 9.59 Å². The maximum atomic E-state index is 12.9. The van der Waals surface area contributed by atoms with Crippen LogP contribution in [0.5, 0.6) is 5.75 Å². The lowest BCUT2D eigenvalue weighted by atomic mass is 9.99. The minimum atomic E-state index is -0.605. The van der Waals surface area contributed by atoms with E-state index in [9.17, 15) is 14.7 Å². The van der Waals surface area contributed by atoms with Gasteiger partial charge in [-0.05, 0) is 42.7 Å². The number of pyridine rings is 1. The maximum Gasteiger partial charge on any atom is 0.267 e. The fourth-order valence-corrected chi connectivity index (χ4v) is 3.88. The fraction of sp³-hybridized carbons (Fsp3) is 0.158. The van der Waals surface area contributed by atoms with E-state index in [0.717, 1.165) is 22.9 Å². The first-order valence-electron chi connectivity index (χ1n) is 8.00. The smallest absolute Gasteiger partial charge is 0.267 e. The zero-order valence-corrected chi connectivity index (χ0v) is 14.8. The molecule has 5 nitrogen and oxygen atoms in total. The molecule has 0 unspecified atom stereocenters. The Labute approximate surface area is 152 Å². The largest absolute Gasteiger partial charge is 0.506 e. The third kappa shape index (κ3) is 2.62. The van der Waals surface area contributed by atoms with Gasteiger partial charge < -0.3 is 15.0 Å². The molecule has 1 amide bonds. The van der Waals surface area contributed by atoms with Crippen LogP contribution >= 0.6 is 15.9 Å². The van der Waals surface area contributed by atoms with Crippen LogP contribution in [0.15, 0.2) is 51.7 Å². The first kappa shape index (κ1) is 15.9. The average molecular weight is 399 g/mol. The number of nitrogens with one attached hydrogen (secondary N) is 1. The van der Waals surface area contributed by atoms with E-state index in [1.807, 2.05) is 12.1 Å². The molecule has 0 bridgehead atoms. The highest BCUT2D eigenvalue weighted by Crippen LogP contribution is 2.34. The molecule has 3 aromatic rings. The predicted octanol–water partition coefficient (Wildman–Crippen LogP) is 3.67. The summed E-state index contributed by atoms with van der Waals surface area (Å²) in [5.74, 6) is -0.874. The number of rotatable bonds is 2. The van der Waals surface area contributed by atoms with Gasteiger partial charge in [0.15, 0.2) is 0 Å². The quantitative estimate of drug-likeness (QED) is 0.691. The summed E-state index contributed by atoms with van der Waals surface area (Å²) >= 11 is 3.44. The zero-order valence-electron chi connectivity index (χ0n) is 13.3. The lowest BCUT2D eigenvalue weighted by Crippen LogP contribution is -2.31. The number of para-hydroxylation sites is 1. The molecule has 4 rings (SSSR count). The Morgan fingerprint density at radius 1 is 1.20 bits per heavy atom. The van der Waals surface area contributed by atoms with E-state index < -0.39 is 11.5 Å². The summed E-state index contributed by atoms with van der Waals surface area (Å²) in [6.45, 7) is 0.538. The van der Waals surface area contributed by atoms with Crippen LogP contribution in [-0.4, -0.2) is 15.6 Å². The molecule has 1 aliphatic rings. The van der Waals surface area contributed by atoms with E-state index in [-0.39, 0.29) is 11.3 Å². The Morgan fingerprint density at radius 2 is 1.96 bits per heavy atom. The number of nitrogens with zero attached hydrogens (tertiary/aromatic N) is 1. The van der Waals surface area contributed by atoms with Crippen LogP contribution in [0.3, 0.4) is 0 Å². The highest BCUT2D eigenvalue weighted by atomic mass is 79.9. The van der Waals surface area contributed by atoms with Gasteiger partial charge in [-0.15, -0.1) is 0 Å². The van der Waals surface area contributed by atoms with Gasteiger partial charge in [0, 0.05) is 22.1 Å². The van der Waals surface area contributed by atoms with Crippen molar-refractivity contribution in [3.8, 4) is 5.75 Å². The van der Waals surface area contributed by atoms with Crippen LogP contribution in [-0.2, 0) is 13.0 Å². The predicted molar refractivity (Wildman–Crippen MR) is 100 cm³/mol. The van der Waals surface area contributed by atoms with E-state index in [2.05, 4.69) is 21.2 Å². The third-order valence-corrected chi connectivity index (χ3v) is 4.92. The number of halogens is 1. The minimum Gasteiger partial charge on any atom is -0.506 e. The second-order valence-electron chi connectivity index (χ2n) is 6.07. The summed E-state index contributed by atoms with van der Waals surface area (Å²) < 4.78 is 2.41. The molecule has 1 aliphatic heterocycles. The van der Waals surface area contributed by atoms with Crippen molar-refractivity contribution >= 4 is 38.4 Å². The summed E-state index contributed by atoms with van der Waals surface area (Å²) in [5.41, 5.74) is 1.61. The summed E-state index contributed by atoms with van der Waals surface area (Å²) in [6.07, 6.45) is 1.66. The number of anilines is 1. The van der Waals surface area contributed by atoms with Gasteiger partial charge in [-0.1, -0.05) is 34.1 Å². The molecule has 0 saturated carbocycles. The Bertz CT molecular complexity index is 1060. The van der Waals surface area contributed by atoms with E-state index in [1.54, 1.807) is 34.9 Å². The number of carbonyl (C=O) groups excluding carboxylic acids is 1. The van der Waals surface area contributed by atoms with Crippen molar-refractivity contribution < 1.29 is 9.90 Å². The van der Waals surface area contributed by atoms with Crippen molar-refractivity contribution in [3.05, 3.63) is 68.4 Å². The highest BCUT2D eigenvalue weighted by Gasteiger charge is 2.25. The van der Waals surface area contributed by atoms with E-state index in [4.69, 9.17) is 0 Å². The van der Waals surface area contributed by atoms with Crippen molar-refractivity contribution in [2.24, 2.45) is 0 Å². The van der Waals surface area contributed by atoms with Crippen LogP contribution in [0.25, 0.3) is 10.9 Å². The van der Waals surface area contributed by atoms with Crippen LogP contribution < -0.4 is 10.9 Å². The molecule has 25 heavy (non-hydrogen) atoms. The van der Waals surface area contributed by atoms with Crippen molar-refractivity contribution in [1.82, 2.24) is 4.57 Å². The van der Waals surface area contributed by atoms with Crippen LogP contribution in [0.1, 0.15) is 22.3 Å². The Morgan fingerprint density at radius 3 is 2.72 bits per heavy atom. The molecular weight excluding hydrogens is 384 g/mol. The monoisotopic (exact) mass is 398 g/mol. The molecule has 0 atom stereocenters. The molecule has 2 N–H and O–H groups in total. The molecular formula is C19H15BrN2O3. The second-order valence-corrected chi connectivity index (χ2v) is 6.98. The number of benzene rings is 2. The van der Waals surface area contributed by atoms with E-state index in [1.165, 1.54) is 0 Å². The van der Waals surface area contributed by atoms with Crippen LogP contribution in [0, 0.1) is 0 Å². The van der Waals surface area contributed by atoms with Crippen molar-refractivity contribution in [2.45, 2.75) is 19.4 Å². The topological polar surface area (TPSA) is 71.3 Å². The van der Waals surface area contributed by atoms with Gasteiger partial charge in [0.05, 0.1) is 5.52 Å². The molecule has 0 radical (unpaired) electrons. The fourth-order valence-electron chi connectivity index (χ4n) is 3.38.